The average molecular weight is 280 g/mol. The largest absolute Gasteiger partial charge is 0.406 e. The number of rotatable bonds is 6. The summed E-state index contributed by atoms with van der Waals surface area (Å²) in [6.45, 7) is 6.16. The summed E-state index contributed by atoms with van der Waals surface area (Å²) in [6, 6.07) is -0.355. The number of alkyl halides is 3. The van der Waals surface area contributed by atoms with Gasteiger partial charge in [0.2, 0.25) is 5.91 Å². The molecule has 1 rings (SSSR count). The highest BCUT2D eigenvalue weighted by molar-refractivity contribution is 5.85. The maximum Gasteiger partial charge on any atom is 0.406 e. The molecule has 19 heavy (non-hydrogen) atoms. The Morgan fingerprint density at radius 1 is 1.37 bits per heavy atom. The number of amides is 1. The maximum atomic E-state index is 12.7. The Kier molecular flexibility index (Phi) is 4.87. The molecular weight excluding hydrogens is 257 g/mol. The summed E-state index contributed by atoms with van der Waals surface area (Å²) < 4.78 is 38.0. The molecule has 1 aliphatic carbocycles. The fraction of sp³-hybridized carbons (Fsp3) is 0.923. The van der Waals surface area contributed by atoms with E-state index in [1.807, 2.05) is 6.92 Å². The molecule has 0 heterocycles. The molecule has 0 aromatic carbocycles. The zero-order valence-corrected chi connectivity index (χ0v) is 12.0. The second-order valence-electron chi connectivity index (χ2n) is 5.78. The van der Waals surface area contributed by atoms with Gasteiger partial charge in [0.25, 0.3) is 0 Å². The van der Waals surface area contributed by atoms with Crippen LogP contribution in [-0.2, 0) is 4.79 Å². The molecule has 1 aliphatic rings. The van der Waals surface area contributed by atoms with Crippen LogP contribution in [-0.4, -0.2) is 41.7 Å². The van der Waals surface area contributed by atoms with Crippen molar-refractivity contribution >= 4 is 5.91 Å². The van der Waals surface area contributed by atoms with Crippen molar-refractivity contribution in [2.24, 2.45) is 5.92 Å². The van der Waals surface area contributed by atoms with Gasteiger partial charge < -0.3 is 10.2 Å². The van der Waals surface area contributed by atoms with Gasteiger partial charge in [0.05, 0.1) is 5.54 Å². The molecule has 1 saturated carbocycles. The van der Waals surface area contributed by atoms with Crippen LogP contribution in [0.2, 0.25) is 0 Å². The Bertz CT molecular complexity index is 324. The van der Waals surface area contributed by atoms with Crippen LogP contribution in [0.5, 0.6) is 0 Å². The van der Waals surface area contributed by atoms with Crippen LogP contribution in [0.25, 0.3) is 0 Å². The zero-order valence-electron chi connectivity index (χ0n) is 12.0. The molecule has 0 bridgehead atoms. The number of nitrogens with zero attached hydrogens (tertiary/aromatic N) is 1. The van der Waals surface area contributed by atoms with Crippen LogP contribution >= 0.6 is 0 Å². The SMILES string of the molecule is CCNC(C)(C)C(=O)N(CC(F)(F)F)C(C)C1CC1. The molecule has 0 spiro atoms. The second kappa shape index (κ2) is 5.69. The number of hydrogen-bond acceptors (Lipinski definition) is 2. The number of carbonyl (C=O) groups is 1. The lowest BCUT2D eigenvalue weighted by Gasteiger charge is -2.37. The molecule has 1 amide bonds. The van der Waals surface area contributed by atoms with E-state index >= 15 is 0 Å². The molecule has 112 valence electrons. The highest BCUT2D eigenvalue weighted by Gasteiger charge is 2.44. The molecule has 0 aliphatic heterocycles. The summed E-state index contributed by atoms with van der Waals surface area (Å²) in [5, 5.41) is 2.94. The predicted octanol–water partition coefficient (Wildman–Crippen LogP) is 2.56. The molecule has 3 nitrogen and oxygen atoms in total. The standard InChI is InChI=1S/C13H23F3N2O/c1-5-17-12(3,4)11(19)18(8-13(14,15)16)9(2)10-6-7-10/h9-10,17H,5-8H2,1-4H3. The number of nitrogens with one attached hydrogen (secondary N) is 1. The van der Waals surface area contributed by atoms with Gasteiger partial charge >= 0.3 is 6.18 Å². The Morgan fingerprint density at radius 3 is 2.26 bits per heavy atom. The van der Waals surface area contributed by atoms with Crippen LogP contribution in [0.4, 0.5) is 13.2 Å². The average Bonchev–Trinajstić information content (AvgIpc) is 3.06. The van der Waals surface area contributed by atoms with Crippen LogP contribution in [0.3, 0.4) is 0 Å². The van der Waals surface area contributed by atoms with E-state index < -0.39 is 24.2 Å². The van der Waals surface area contributed by atoms with Crippen LogP contribution in [0.15, 0.2) is 0 Å². The Hall–Kier alpha value is -0.780. The first-order valence-electron chi connectivity index (χ1n) is 6.71. The minimum atomic E-state index is -4.36. The lowest BCUT2D eigenvalue weighted by molar-refractivity contribution is -0.169. The summed E-state index contributed by atoms with van der Waals surface area (Å²) in [5.74, 6) is -0.269. The first-order valence-corrected chi connectivity index (χ1v) is 6.71. The number of likely N-dealkylation sites (N-methyl/N-ethyl adjacent to an activating group) is 1. The molecule has 0 saturated heterocycles. The quantitative estimate of drug-likeness (QED) is 0.811. The molecule has 0 aromatic heterocycles. The molecule has 6 heteroatoms. The van der Waals surface area contributed by atoms with Crippen molar-refractivity contribution in [1.29, 1.82) is 0 Å². The van der Waals surface area contributed by atoms with Gasteiger partial charge in [-0.2, -0.15) is 13.2 Å². The second-order valence-corrected chi connectivity index (χ2v) is 5.78. The van der Waals surface area contributed by atoms with E-state index in [1.165, 1.54) is 0 Å². The van der Waals surface area contributed by atoms with Crippen molar-refractivity contribution < 1.29 is 18.0 Å². The van der Waals surface area contributed by atoms with Gasteiger partial charge in [-0.3, -0.25) is 4.79 Å². The van der Waals surface area contributed by atoms with E-state index in [4.69, 9.17) is 0 Å². The normalized spacial score (nSPS) is 18.3. The third-order valence-corrected chi connectivity index (χ3v) is 3.56. The van der Waals surface area contributed by atoms with Gasteiger partial charge in [0.1, 0.15) is 6.54 Å². The summed E-state index contributed by atoms with van der Waals surface area (Å²) >= 11 is 0. The first-order chi connectivity index (χ1) is 8.58. The summed E-state index contributed by atoms with van der Waals surface area (Å²) in [5.41, 5.74) is -0.969. The van der Waals surface area contributed by atoms with E-state index in [2.05, 4.69) is 5.32 Å². The Morgan fingerprint density at radius 2 is 1.89 bits per heavy atom. The lowest BCUT2D eigenvalue weighted by atomic mass is 10.0. The van der Waals surface area contributed by atoms with Gasteiger partial charge in [-0.1, -0.05) is 6.92 Å². The summed E-state index contributed by atoms with van der Waals surface area (Å²) in [6.07, 6.45) is -2.55. The summed E-state index contributed by atoms with van der Waals surface area (Å²) in [4.78, 5) is 13.4. The highest BCUT2D eigenvalue weighted by Crippen LogP contribution is 2.36. The van der Waals surface area contributed by atoms with Gasteiger partial charge in [-0.05, 0) is 46.1 Å². The summed E-state index contributed by atoms with van der Waals surface area (Å²) in [7, 11) is 0. The van der Waals surface area contributed by atoms with Crippen molar-refractivity contribution in [2.75, 3.05) is 13.1 Å². The zero-order chi connectivity index (χ0) is 14.8. The van der Waals surface area contributed by atoms with E-state index in [0.29, 0.717) is 6.54 Å². The van der Waals surface area contributed by atoms with E-state index in [1.54, 1.807) is 20.8 Å². The predicted molar refractivity (Wildman–Crippen MR) is 67.7 cm³/mol. The molecular formula is C13H23F3N2O. The third kappa shape index (κ3) is 4.67. The fourth-order valence-electron chi connectivity index (χ4n) is 2.30. The molecule has 1 fully saturated rings. The number of halogens is 3. The van der Waals surface area contributed by atoms with Crippen LogP contribution in [0, 0.1) is 5.92 Å². The van der Waals surface area contributed by atoms with E-state index in [-0.39, 0.29) is 12.0 Å². The van der Waals surface area contributed by atoms with Crippen molar-refractivity contribution in [3.63, 3.8) is 0 Å². The Labute approximate surface area is 112 Å². The third-order valence-electron chi connectivity index (χ3n) is 3.56. The number of hydrogen-bond donors (Lipinski definition) is 1. The number of carbonyl (C=O) groups excluding carboxylic acids is 1. The lowest BCUT2D eigenvalue weighted by Crippen LogP contribution is -2.58. The van der Waals surface area contributed by atoms with E-state index in [0.717, 1.165) is 17.7 Å². The van der Waals surface area contributed by atoms with E-state index in [9.17, 15) is 18.0 Å². The highest BCUT2D eigenvalue weighted by atomic mass is 19.4. The minimum Gasteiger partial charge on any atom is -0.329 e. The van der Waals surface area contributed by atoms with Crippen LogP contribution in [0.1, 0.15) is 40.5 Å². The molecule has 1 atom stereocenters. The maximum absolute atomic E-state index is 12.7. The van der Waals surface area contributed by atoms with Crippen molar-refractivity contribution in [3.05, 3.63) is 0 Å². The molecule has 1 unspecified atom stereocenters. The monoisotopic (exact) mass is 280 g/mol. The fourth-order valence-corrected chi connectivity index (χ4v) is 2.30. The molecule has 1 N–H and O–H groups in total. The topological polar surface area (TPSA) is 32.3 Å². The van der Waals surface area contributed by atoms with Gasteiger partial charge in [-0.15, -0.1) is 0 Å². The molecule has 0 aromatic rings. The molecule has 0 radical (unpaired) electrons. The Balaban J connectivity index is 2.85. The van der Waals surface area contributed by atoms with Crippen molar-refractivity contribution in [3.8, 4) is 0 Å². The van der Waals surface area contributed by atoms with Crippen molar-refractivity contribution in [2.45, 2.75) is 58.3 Å². The first kappa shape index (κ1) is 16.3. The van der Waals surface area contributed by atoms with Crippen molar-refractivity contribution in [1.82, 2.24) is 10.2 Å². The smallest absolute Gasteiger partial charge is 0.329 e. The van der Waals surface area contributed by atoms with Gasteiger partial charge in [-0.25, -0.2) is 0 Å². The minimum absolute atomic E-state index is 0.212. The van der Waals surface area contributed by atoms with Gasteiger partial charge in [0.15, 0.2) is 0 Å². The van der Waals surface area contributed by atoms with Gasteiger partial charge in [0, 0.05) is 6.04 Å². The van der Waals surface area contributed by atoms with Crippen LogP contribution < -0.4 is 5.32 Å².